The molecule has 0 aliphatic heterocycles. The average molecular weight is 369 g/mol. The van der Waals surface area contributed by atoms with Crippen LogP contribution in [0.2, 0.25) is 0 Å². The van der Waals surface area contributed by atoms with E-state index < -0.39 is 0 Å². The van der Waals surface area contributed by atoms with Gasteiger partial charge in [0.05, 0.1) is 11.6 Å². The molecule has 0 fully saturated rings. The van der Waals surface area contributed by atoms with Gasteiger partial charge in [-0.05, 0) is 29.7 Å². The summed E-state index contributed by atoms with van der Waals surface area (Å²) in [7, 11) is 0. The van der Waals surface area contributed by atoms with Crippen molar-refractivity contribution < 1.29 is 4.79 Å². The third kappa shape index (κ3) is 3.96. The molecule has 2 heterocycles. The van der Waals surface area contributed by atoms with Crippen molar-refractivity contribution in [1.82, 2.24) is 14.7 Å². The molecule has 0 saturated carbocycles. The van der Waals surface area contributed by atoms with Gasteiger partial charge in [0.15, 0.2) is 0 Å². The largest absolute Gasteiger partial charge is 0.355 e. The summed E-state index contributed by atoms with van der Waals surface area (Å²) in [6.07, 6.45) is 4.79. The number of pyridine rings is 1. The zero-order valence-corrected chi connectivity index (χ0v) is 15.9. The number of aryl methyl sites for hydroxylation is 1. The van der Waals surface area contributed by atoms with E-state index in [0.717, 1.165) is 22.5 Å². The lowest BCUT2D eigenvalue weighted by Crippen LogP contribution is -2.31. The number of nitrogens with zero attached hydrogens (tertiary/aromatic N) is 2. The number of carbonyl (C=O) groups excluding carboxylic acids is 1. The molecule has 2 aromatic carbocycles. The summed E-state index contributed by atoms with van der Waals surface area (Å²) in [5.41, 5.74) is 5.09. The maximum atomic E-state index is 13.0. The molecule has 4 aromatic rings. The number of hydrogen-bond acceptors (Lipinski definition) is 2. The fourth-order valence-corrected chi connectivity index (χ4v) is 3.48. The molecule has 0 saturated heterocycles. The van der Waals surface area contributed by atoms with Gasteiger partial charge >= 0.3 is 0 Å². The first-order valence-corrected chi connectivity index (χ1v) is 9.52. The van der Waals surface area contributed by atoms with E-state index in [1.807, 2.05) is 77.3 Å². The SMILES string of the molecule is Cc1ccc2nc(CCNC(=O)C(c3ccccc3)c3ccccc3)cn2c1. The van der Waals surface area contributed by atoms with Crippen molar-refractivity contribution in [3.05, 3.63) is 108 Å². The Balaban J connectivity index is 1.47. The number of amides is 1. The molecule has 0 aliphatic rings. The summed E-state index contributed by atoms with van der Waals surface area (Å²) in [5, 5.41) is 3.10. The van der Waals surface area contributed by atoms with E-state index in [0.29, 0.717) is 13.0 Å². The maximum absolute atomic E-state index is 13.0. The van der Waals surface area contributed by atoms with Crippen molar-refractivity contribution in [3.63, 3.8) is 0 Å². The number of hydrogen-bond donors (Lipinski definition) is 1. The molecule has 0 bridgehead atoms. The topological polar surface area (TPSA) is 46.4 Å². The zero-order valence-electron chi connectivity index (χ0n) is 15.9. The van der Waals surface area contributed by atoms with E-state index in [-0.39, 0.29) is 11.8 Å². The molecular formula is C24H23N3O. The summed E-state index contributed by atoms with van der Waals surface area (Å²) in [6.45, 7) is 2.62. The smallest absolute Gasteiger partial charge is 0.232 e. The van der Waals surface area contributed by atoms with Gasteiger partial charge in [0.1, 0.15) is 5.65 Å². The number of carbonyl (C=O) groups is 1. The van der Waals surface area contributed by atoms with Gasteiger partial charge in [-0.1, -0.05) is 66.7 Å². The van der Waals surface area contributed by atoms with E-state index in [9.17, 15) is 4.79 Å². The van der Waals surface area contributed by atoms with Crippen LogP contribution >= 0.6 is 0 Å². The molecule has 4 rings (SSSR count). The van der Waals surface area contributed by atoms with E-state index in [2.05, 4.69) is 29.5 Å². The maximum Gasteiger partial charge on any atom is 0.232 e. The van der Waals surface area contributed by atoms with Gasteiger partial charge in [0, 0.05) is 25.4 Å². The van der Waals surface area contributed by atoms with Crippen LogP contribution in [-0.4, -0.2) is 21.8 Å². The van der Waals surface area contributed by atoms with Gasteiger partial charge in [0.2, 0.25) is 5.91 Å². The molecule has 4 heteroatoms. The van der Waals surface area contributed by atoms with Crippen molar-refractivity contribution in [2.24, 2.45) is 0 Å². The third-order valence-electron chi connectivity index (χ3n) is 4.86. The highest BCUT2D eigenvalue weighted by Gasteiger charge is 2.22. The van der Waals surface area contributed by atoms with Gasteiger partial charge in [-0.2, -0.15) is 0 Å². The Labute approximate surface area is 164 Å². The molecule has 0 spiro atoms. The van der Waals surface area contributed by atoms with E-state index in [1.54, 1.807) is 0 Å². The Morgan fingerprint density at radius 3 is 2.21 bits per heavy atom. The number of benzene rings is 2. The van der Waals surface area contributed by atoms with Gasteiger partial charge in [0.25, 0.3) is 0 Å². The van der Waals surface area contributed by atoms with E-state index in [4.69, 9.17) is 0 Å². The summed E-state index contributed by atoms with van der Waals surface area (Å²) in [6, 6.07) is 23.9. The summed E-state index contributed by atoms with van der Waals surface area (Å²) < 4.78 is 2.03. The van der Waals surface area contributed by atoms with Crippen LogP contribution in [0.5, 0.6) is 0 Å². The van der Waals surface area contributed by atoms with Crippen molar-refractivity contribution in [2.45, 2.75) is 19.3 Å². The van der Waals surface area contributed by atoms with Crippen LogP contribution in [0.25, 0.3) is 5.65 Å². The summed E-state index contributed by atoms with van der Waals surface area (Å²) in [4.78, 5) is 17.6. The molecule has 1 amide bonds. The average Bonchev–Trinajstić information content (AvgIpc) is 3.11. The predicted octanol–water partition coefficient (Wildman–Crippen LogP) is 4.13. The second-order valence-electron chi connectivity index (χ2n) is 7.00. The van der Waals surface area contributed by atoms with Crippen LogP contribution in [0, 0.1) is 6.92 Å². The van der Waals surface area contributed by atoms with Gasteiger partial charge in [-0.25, -0.2) is 4.98 Å². The third-order valence-corrected chi connectivity index (χ3v) is 4.86. The van der Waals surface area contributed by atoms with Crippen molar-refractivity contribution in [2.75, 3.05) is 6.54 Å². The molecule has 0 aliphatic carbocycles. The number of fused-ring (bicyclic) bond motifs is 1. The molecule has 140 valence electrons. The van der Waals surface area contributed by atoms with Gasteiger partial charge in [-0.15, -0.1) is 0 Å². The summed E-state index contributed by atoms with van der Waals surface area (Å²) >= 11 is 0. The Kier molecular flexibility index (Phi) is 5.20. The number of imidazole rings is 1. The Morgan fingerprint density at radius 1 is 0.929 bits per heavy atom. The molecule has 28 heavy (non-hydrogen) atoms. The highest BCUT2D eigenvalue weighted by molar-refractivity contribution is 5.87. The van der Waals surface area contributed by atoms with Crippen LogP contribution < -0.4 is 5.32 Å². The molecule has 4 nitrogen and oxygen atoms in total. The molecule has 0 unspecified atom stereocenters. The second-order valence-corrected chi connectivity index (χ2v) is 7.00. The van der Waals surface area contributed by atoms with Crippen molar-refractivity contribution in [3.8, 4) is 0 Å². The lowest BCUT2D eigenvalue weighted by Gasteiger charge is -2.17. The highest BCUT2D eigenvalue weighted by atomic mass is 16.1. The fourth-order valence-electron chi connectivity index (χ4n) is 3.48. The minimum absolute atomic E-state index is 0.0111. The number of nitrogens with one attached hydrogen (secondary N) is 1. The van der Waals surface area contributed by atoms with Crippen LogP contribution in [0.3, 0.4) is 0 Å². The first-order chi connectivity index (χ1) is 13.7. The zero-order chi connectivity index (χ0) is 19.3. The van der Waals surface area contributed by atoms with Gasteiger partial charge < -0.3 is 9.72 Å². The first-order valence-electron chi connectivity index (χ1n) is 9.52. The minimum Gasteiger partial charge on any atom is -0.355 e. The normalized spacial score (nSPS) is 11.1. The van der Waals surface area contributed by atoms with Crippen LogP contribution in [0.4, 0.5) is 0 Å². The Morgan fingerprint density at radius 2 is 1.57 bits per heavy atom. The van der Waals surface area contributed by atoms with Crippen molar-refractivity contribution in [1.29, 1.82) is 0 Å². The quantitative estimate of drug-likeness (QED) is 0.555. The monoisotopic (exact) mass is 369 g/mol. The predicted molar refractivity (Wildman–Crippen MR) is 111 cm³/mol. The standard InChI is InChI=1S/C24H23N3O/c1-18-12-13-22-26-21(17-27(22)16-18)14-15-25-24(28)23(19-8-4-2-5-9-19)20-10-6-3-7-11-20/h2-13,16-17,23H,14-15H2,1H3,(H,25,28). The Hall–Kier alpha value is -3.40. The molecular weight excluding hydrogens is 346 g/mol. The van der Waals surface area contributed by atoms with Gasteiger partial charge in [-0.3, -0.25) is 4.79 Å². The summed E-state index contributed by atoms with van der Waals surface area (Å²) in [5.74, 6) is -0.303. The first kappa shape index (κ1) is 18.0. The molecule has 1 N–H and O–H groups in total. The minimum atomic E-state index is -0.314. The van der Waals surface area contributed by atoms with E-state index >= 15 is 0 Å². The molecule has 2 aromatic heterocycles. The number of aromatic nitrogens is 2. The fraction of sp³-hybridized carbons (Fsp3) is 0.167. The van der Waals surface area contributed by atoms with Crippen LogP contribution in [0.15, 0.2) is 85.2 Å². The van der Waals surface area contributed by atoms with Crippen molar-refractivity contribution >= 4 is 11.6 Å². The van der Waals surface area contributed by atoms with E-state index in [1.165, 1.54) is 5.56 Å². The van der Waals surface area contributed by atoms with Crippen LogP contribution in [-0.2, 0) is 11.2 Å². The Bertz CT molecular complexity index is 1030. The molecule has 0 radical (unpaired) electrons. The number of rotatable bonds is 6. The lowest BCUT2D eigenvalue weighted by atomic mass is 9.90. The second kappa shape index (κ2) is 8.09. The molecule has 0 atom stereocenters. The van der Waals surface area contributed by atoms with Crippen LogP contribution in [0.1, 0.15) is 28.3 Å². The highest BCUT2D eigenvalue weighted by Crippen LogP contribution is 2.24. The lowest BCUT2D eigenvalue weighted by molar-refractivity contribution is -0.121.